The molecule has 0 bridgehead atoms. The SMILES string of the molecule is CCCCC1CCC(CC2CCC(C(=O)Cl)CC2)CC1. The molecule has 2 heteroatoms. The zero-order chi connectivity index (χ0) is 14.4. The van der Waals surface area contributed by atoms with Crippen LogP contribution >= 0.6 is 11.6 Å². The molecule has 0 aromatic heterocycles. The van der Waals surface area contributed by atoms with Crippen LogP contribution in [0, 0.1) is 23.7 Å². The molecule has 0 aromatic rings. The fourth-order valence-electron chi connectivity index (χ4n) is 4.35. The van der Waals surface area contributed by atoms with Gasteiger partial charge in [0.1, 0.15) is 0 Å². The molecule has 2 aliphatic rings. The van der Waals surface area contributed by atoms with Gasteiger partial charge in [0.2, 0.25) is 5.24 Å². The second-order valence-electron chi connectivity index (χ2n) is 7.29. The van der Waals surface area contributed by atoms with Gasteiger partial charge in [0, 0.05) is 5.92 Å². The first-order chi connectivity index (χ1) is 9.69. The van der Waals surface area contributed by atoms with Crippen LogP contribution in [0.4, 0.5) is 0 Å². The Balaban J connectivity index is 1.63. The Bertz CT molecular complexity index is 286. The van der Waals surface area contributed by atoms with E-state index in [1.807, 2.05) is 0 Å². The van der Waals surface area contributed by atoms with Gasteiger partial charge in [-0.25, -0.2) is 0 Å². The summed E-state index contributed by atoms with van der Waals surface area (Å²) in [6.45, 7) is 2.30. The summed E-state index contributed by atoms with van der Waals surface area (Å²) in [4.78, 5) is 11.2. The van der Waals surface area contributed by atoms with Crippen molar-refractivity contribution in [2.45, 2.75) is 84.0 Å². The first-order valence-corrected chi connectivity index (χ1v) is 9.26. The highest BCUT2D eigenvalue weighted by molar-refractivity contribution is 6.63. The summed E-state index contributed by atoms with van der Waals surface area (Å²) in [7, 11) is 0. The van der Waals surface area contributed by atoms with E-state index >= 15 is 0 Å². The summed E-state index contributed by atoms with van der Waals surface area (Å²) < 4.78 is 0. The standard InChI is InChI=1S/C18H31ClO/c1-2-3-4-14-5-7-15(8-6-14)13-16-9-11-17(12-10-16)18(19)20/h14-17H,2-13H2,1H3. The number of carbonyl (C=O) groups excluding carboxylic acids is 1. The second kappa shape index (κ2) is 8.41. The Morgan fingerprint density at radius 2 is 1.40 bits per heavy atom. The molecule has 1 nitrogen and oxygen atoms in total. The highest BCUT2D eigenvalue weighted by Gasteiger charge is 2.28. The lowest BCUT2D eigenvalue weighted by Gasteiger charge is -2.33. The molecule has 116 valence electrons. The molecule has 2 saturated carbocycles. The van der Waals surface area contributed by atoms with E-state index < -0.39 is 0 Å². The summed E-state index contributed by atoms with van der Waals surface area (Å²) >= 11 is 5.61. The van der Waals surface area contributed by atoms with E-state index in [0.29, 0.717) is 0 Å². The van der Waals surface area contributed by atoms with Crippen molar-refractivity contribution in [3.63, 3.8) is 0 Å². The van der Waals surface area contributed by atoms with Gasteiger partial charge in [-0.2, -0.15) is 0 Å². The average molecular weight is 299 g/mol. The lowest BCUT2D eigenvalue weighted by Crippen LogP contribution is -2.22. The van der Waals surface area contributed by atoms with Crippen molar-refractivity contribution in [1.29, 1.82) is 0 Å². The molecular formula is C18H31ClO. The van der Waals surface area contributed by atoms with Crippen molar-refractivity contribution in [3.05, 3.63) is 0 Å². The summed E-state index contributed by atoms with van der Waals surface area (Å²) in [6, 6.07) is 0. The zero-order valence-electron chi connectivity index (χ0n) is 13.1. The van der Waals surface area contributed by atoms with Crippen LogP contribution in [-0.4, -0.2) is 5.24 Å². The van der Waals surface area contributed by atoms with Gasteiger partial charge in [-0.05, 0) is 61.5 Å². The van der Waals surface area contributed by atoms with Crippen molar-refractivity contribution in [3.8, 4) is 0 Å². The van der Waals surface area contributed by atoms with E-state index in [9.17, 15) is 4.79 Å². The minimum absolute atomic E-state index is 0.0973. The van der Waals surface area contributed by atoms with Crippen LogP contribution in [0.3, 0.4) is 0 Å². The van der Waals surface area contributed by atoms with Crippen molar-refractivity contribution in [2.24, 2.45) is 23.7 Å². The second-order valence-corrected chi connectivity index (χ2v) is 7.66. The van der Waals surface area contributed by atoms with E-state index in [0.717, 1.165) is 30.6 Å². The normalized spacial score (nSPS) is 34.9. The van der Waals surface area contributed by atoms with Crippen LogP contribution in [-0.2, 0) is 4.79 Å². The van der Waals surface area contributed by atoms with Gasteiger partial charge in [-0.15, -0.1) is 0 Å². The van der Waals surface area contributed by atoms with Gasteiger partial charge < -0.3 is 0 Å². The van der Waals surface area contributed by atoms with Gasteiger partial charge in [-0.1, -0.05) is 51.9 Å². The van der Waals surface area contributed by atoms with E-state index in [-0.39, 0.29) is 11.2 Å². The maximum Gasteiger partial charge on any atom is 0.224 e. The van der Waals surface area contributed by atoms with E-state index in [4.69, 9.17) is 11.6 Å². The fourth-order valence-corrected chi connectivity index (χ4v) is 4.56. The van der Waals surface area contributed by atoms with Crippen molar-refractivity contribution in [2.75, 3.05) is 0 Å². The molecule has 0 atom stereocenters. The van der Waals surface area contributed by atoms with Gasteiger partial charge in [0.15, 0.2) is 0 Å². The van der Waals surface area contributed by atoms with E-state index in [2.05, 4.69) is 6.92 Å². The molecule has 20 heavy (non-hydrogen) atoms. The minimum Gasteiger partial charge on any atom is -0.281 e. The Morgan fingerprint density at radius 3 is 1.90 bits per heavy atom. The molecule has 0 saturated heterocycles. The fraction of sp³-hybridized carbons (Fsp3) is 0.944. The van der Waals surface area contributed by atoms with Crippen LogP contribution < -0.4 is 0 Å². The molecule has 0 aliphatic heterocycles. The van der Waals surface area contributed by atoms with Gasteiger partial charge >= 0.3 is 0 Å². The summed E-state index contributed by atoms with van der Waals surface area (Å²) in [5.74, 6) is 3.04. The largest absolute Gasteiger partial charge is 0.281 e. The van der Waals surface area contributed by atoms with Crippen molar-refractivity contribution in [1.82, 2.24) is 0 Å². The summed E-state index contributed by atoms with van der Waals surface area (Å²) in [6.07, 6.45) is 16.1. The Kier molecular flexibility index (Phi) is 6.87. The zero-order valence-corrected chi connectivity index (χ0v) is 13.8. The highest BCUT2D eigenvalue weighted by atomic mass is 35.5. The maximum absolute atomic E-state index is 11.2. The third-order valence-corrected chi connectivity index (χ3v) is 6.08. The molecule has 0 unspecified atom stereocenters. The topological polar surface area (TPSA) is 17.1 Å². The third kappa shape index (κ3) is 5.06. The van der Waals surface area contributed by atoms with E-state index in [1.54, 1.807) is 0 Å². The number of unbranched alkanes of at least 4 members (excludes halogenated alkanes) is 1. The number of carbonyl (C=O) groups is 1. The summed E-state index contributed by atoms with van der Waals surface area (Å²) in [5.41, 5.74) is 0. The maximum atomic E-state index is 11.2. The third-order valence-electron chi connectivity index (χ3n) is 5.77. The Morgan fingerprint density at radius 1 is 0.900 bits per heavy atom. The number of hydrogen-bond donors (Lipinski definition) is 0. The Labute approximate surface area is 129 Å². The van der Waals surface area contributed by atoms with Crippen molar-refractivity contribution >= 4 is 16.8 Å². The lowest BCUT2D eigenvalue weighted by atomic mass is 9.73. The first-order valence-electron chi connectivity index (χ1n) is 8.88. The number of rotatable bonds is 6. The highest BCUT2D eigenvalue weighted by Crippen LogP contribution is 2.39. The van der Waals surface area contributed by atoms with Crippen LogP contribution in [0.15, 0.2) is 0 Å². The minimum atomic E-state index is -0.0973. The van der Waals surface area contributed by atoms with Gasteiger partial charge in [0.25, 0.3) is 0 Å². The molecule has 0 aromatic carbocycles. The quantitative estimate of drug-likeness (QED) is 0.554. The summed E-state index contributed by atoms with van der Waals surface area (Å²) in [5, 5.41) is -0.0973. The van der Waals surface area contributed by atoms with Crippen LogP contribution in [0.5, 0.6) is 0 Å². The van der Waals surface area contributed by atoms with E-state index in [1.165, 1.54) is 64.2 Å². The molecule has 0 heterocycles. The van der Waals surface area contributed by atoms with Crippen LogP contribution in [0.25, 0.3) is 0 Å². The smallest absolute Gasteiger partial charge is 0.224 e. The Hall–Kier alpha value is -0.0400. The number of hydrogen-bond acceptors (Lipinski definition) is 1. The molecule has 0 N–H and O–H groups in total. The molecule has 2 fully saturated rings. The van der Waals surface area contributed by atoms with Crippen LogP contribution in [0.2, 0.25) is 0 Å². The average Bonchev–Trinajstić information content (AvgIpc) is 2.47. The first kappa shape index (κ1) is 16.3. The lowest BCUT2D eigenvalue weighted by molar-refractivity contribution is -0.116. The van der Waals surface area contributed by atoms with Crippen LogP contribution in [0.1, 0.15) is 84.0 Å². The number of halogens is 1. The van der Waals surface area contributed by atoms with Gasteiger partial charge in [0.05, 0.1) is 0 Å². The molecule has 2 aliphatic carbocycles. The molecule has 0 spiro atoms. The molecule has 0 radical (unpaired) electrons. The molecule has 2 rings (SSSR count). The monoisotopic (exact) mass is 298 g/mol. The predicted octanol–water partition coefficient (Wildman–Crippen LogP) is 5.94. The molecule has 0 amide bonds. The predicted molar refractivity (Wildman–Crippen MR) is 85.9 cm³/mol. The van der Waals surface area contributed by atoms with Gasteiger partial charge in [-0.3, -0.25) is 4.79 Å². The molecular weight excluding hydrogens is 268 g/mol. The van der Waals surface area contributed by atoms with Crippen molar-refractivity contribution < 1.29 is 4.79 Å².